The second kappa shape index (κ2) is 8.37. The van der Waals surface area contributed by atoms with Gasteiger partial charge in [-0.05, 0) is 37.3 Å². The van der Waals surface area contributed by atoms with Crippen LogP contribution in [-0.2, 0) is 4.79 Å². The molecule has 0 aliphatic carbocycles. The van der Waals surface area contributed by atoms with E-state index >= 15 is 0 Å². The number of alkyl halides is 3. The fourth-order valence-electron chi connectivity index (χ4n) is 2.82. The number of para-hydroxylation sites is 1. The first-order valence-corrected chi connectivity index (χ1v) is 8.08. The average molecular weight is 345 g/mol. The van der Waals surface area contributed by atoms with Crippen LogP contribution >= 0.6 is 0 Å². The van der Waals surface area contributed by atoms with Crippen molar-refractivity contribution in [3.05, 3.63) is 30.3 Å². The molecule has 1 heterocycles. The first kappa shape index (κ1) is 18.6. The first-order valence-electron chi connectivity index (χ1n) is 8.08. The largest absolute Gasteiger partial charge is 0.494 e. The van der Waals surface area contributed by atoms with Gasteiger partial charge in [0.25, 0.3) is 0 Å². The van der Waals surface area contributed by atoms with Gasteiger partial charge in [0.2, 0.25) is 5.91 Å². The highest BCUT2D eigenvalue weighted by molar-refractivity contribution is 5.76. The molecule has 1 amide bonds. The molecule has 0 radical (unpaired) electrons. The molecule has 1 aromatic rings. The van der Waals surface area contributed by atoms with E-state index in [-0.39, 0.29) is 31.8 Å². The van der Waals surface area contributed by atoms with Crippen LogP contribution in [0.5, 0.6) is 5.75 Å². The predicted molar refractivity (Wildman–Crippen MR) is 82.5 cm³/mol. The molecule has 1 aliphatic rings. The second-order valence-corrected chi connectivity index (χ2v) is 5.97. The van der Waals surface area contributed by atoms with Crippen LogP contribution in [0.25, 0.3) is 0 Å². The molecule has 134 valence electrons. The van der Waals surface area contributed by atoms with Crippen LogP contribution in [0, 0.1) is 5.92 Å². The summed E-state index contributed by atoms with van der Waals surface area (Å²) in [4.78, 5) is 13.6. The van der Waals surface area contributed by atoms with Crippen molar-refractivity contribution in [1.29, 1.82) is 0 Å². The number of likely N-dealkylation sites (tertiary alicyclic amines) is 1. The monoisotopic (exact) mass is 345 g/mol. The van der Waals surface area contributed by atoms with E-state index in [0.29, 0.717) is 19.4 Å². The van der Waals surface area contributed by atoms with E-state index < -0.39 is 18.2 Å². The van der Waals surface area contributed by atoms with Crippen LogP contribution < -0.4 is 4.74 Å². The van der Waals surface area contributed by atoms with Crippen LogP contribution in [0.1, 0.15) is 25.7 Å². The first-order chi connectivity index (χ1) is 11.4. The van der Waals surface area contributed by atoms with Crippen LogP contribution in [-0.4, -0.2) is 47.9 Å². The molecule has 24 heavy (non-hydrogen) atoms. The quantitative estimate of drug-likeness (QED) is 0.807. The Morgan fingerprint density at radius 1 is 1.25 bits per heavy atom. The zero-order chi connectivity index (χ0) is 17.6. The SMILES string of the molecule is O=C(CCCOc1ccccc1)N1CCC(C(O)C(F)(F)F)CC1. The molecule has 0 aromatic heterocycles. The Morgan fingerprint density at radius 3 is 2.46 bits per heavy atom. The number of aliphatic hydroxyl groups is 1. The van der Waals surface area contributed by atoms with Crippen molar-refractivity contribution in [3.63, 3.8) is 0 Å². The fraction of sp³-hybridized carbons (Fsp3) is 0.588. The van der Waals surface area contributed by atoms with Crippen molar-refractivity contribution < 1.29 is 27.8 Å². The van der Waals surface area contributed by atoms with Gasteiger partial charge in [-0.15, -0.1) is 0 Å². The van der Waals surface area contributed by atoms with Crippen LogP contribution in [0.3, 0.4) is 0 Å². The Bertz CT molecular complexity index is 514. The van der Waals surface area contributed by atoms with Crippen molar-refractivity contribution in [2.75, 3.05) is 19.7 Å². The third-order valence-electron chi connectivity index (χ3n) is 4.22. The van der Waals surface area contributed by atoms with Crippen molar-refractivity contribution in [1.82, 2.24) is 4.90 Å². The maximum atomic E-state index is 12.5. The third-order valence-corrected chi connectivity index (χ3v) is 4.22. The van der Waals surface area contributed by atoms with Gasteiger partial charge in [-0.1, -0.05) is 18.2 Å². The van der Waals surface area contributed by atoms with E-state index in [1.54, 1.807) is 4.90 Å². The van der Waals surface area contributed by atoms with Gasteiger partial charge >= 0.3 is 6.18 Å². The Labute approximate surface area is 139 Å². The summed E-state index contributed by atoms with van der Waals surface area (Å²) in [5.41, 5.74) is 0. The molecule has 4 nitrogen and oxygen atoms in total. The van der Waals surface area contributed by atoms with Crippen molar-refractivity contribution >= 4 is 5.91 Å². The molecule has 0 bridgehead atoms. The molecule has 1 N–H and O–H groups in total. The molecule has 7 heteroatoms. The number of carbonyl (C=O) groups is 1. The van der Waals surface area contributed by atoms with Gasteiger partial charge in [0, 0.05) is 19.5 Å². The number of benzene rings is 1. The number of amides is 1. The topological polar surface area (TPSA) is 49.8 Å². The molecular formula is C17H22F3NO3. The lowest BCUT2D eigenvalue weighted by molar-refractivity contribution is -0.222. The molecule has 0 spiro atoms. The van der Waals surface area contributed by atoms with Gasteiger partial charge in [0.15, 0.2) is 6.10 Å². The highest BCUT2D eigenvalue weighted by Gasteiger charge is 2.44. The highest BCUT2D eigenvalue weighted by Crippen LogP contribution is 2.31. The lowest BCUT2D eigenvalue weighted by Crippen LogP contribution is -2.45. The number of aliphatic hydroxyl groups excluding tert-OH is 1. The lowest BCUT2D eigenvalue weighted by Gasteiger charge is -2.34. The van der Waals surface area contributed by atoms with Crippen molar-refractivity contribution in [3.8, 4) is 5.75 Å². The smallest absolute Gasteiger partial charge is 0.414 e. The van der Waals surface area contributed by atoms with E-state index in [1.165, 1.54) is 0 Å². The summed E-state index contributed by atoms with van der Waals surface area (Å²) in [6.45, 7) is 0.936. The Kier molecular flexibility index (Phi) is 6.48. The minimum Gasteiger partial charge on any atom is -0.494 e. The maximum absolute atomic E-state index is 12.5. The summed E-state index contributed by atoms with van der Waals surface area (Å²) in [6.07, 6.45) is -5.68. The van der Waals surface area contributed by atoms with Gasteiger partial charge in [-0.2, -0.15) is 13.2 Å². The molecule has 0 saturated carbocycles. The molecular weight excluding hydrogens is 323 g/mol. The van der Waals surface area contributed by atoms with E-state index in [4.69, 9.17) is 4.74 Å². The molecule has 1 saturated heterocycles. The summed E-state index contributed by atoms with van der Waals surface area (Å²) < 4.78 is 43.0. The normalized spacial score (nSPS) is 17.6. The summed E-state index contributed by atoms with van der Waals surface area (Å²) in [5.74, 6) is -0.158. The second-order valence-electron chi connectivity index (χ2n) is 5.97. The summed E-state index contributed by atoms with van der Waals surface area (Å²) in [5, 5.41) is 9.27. The highest BCUT2D eigenvalue weighted by atomic mass is 19.4. The number of rotatable bonds is 6. The number of ether oxygens (including phenoxy) is 1. The Hall–Kier alpha value is -1.76. The summed E-state index contributed by atoms with van der Waals surface area (Å²) in [6, 6.07) is 9.27. The fourth-order valence-corrected chi connectivity index (χ4v) is 2.82. The van der Waals surface area contributed by atoms with Crippen LogP contribution in [0.4, 0.5) is 13.2 Å². The van der Waals surface area contributed by atoms with E-state index in [0.717, 1.165) is 5.75 Å². The zero-order valence-electron chi connectivity index (χ0n) is 13.3. The number of nitrogens with zero attached hydrogens (tertiary/aromatic N) is 1. The zero-order valence-corrected chi connectivity index (χ0v) is 13.3. The van der Waals surface area contributed by atoms with Gasteiger partial charge < -0.3 is 14.7 Å². The van der Waals surface area contributed by atoms with E-state index in [9.17, 15) is 23.1 Å². The molecule has 1 unspecified atom stereocenters. The predicted octanol–water partition coefficient (Wildman–Crippen LogP) is 3.01. The molecule has 1 aliphatic heterocycles. The minimum atomic E-state index is -4.59. The average Bonchev–Trinajstić information content (AvgIpc) is 2.58. The van der Waals surface area contributed by atoms with E-state index in [1.807, 2.05) is 30.3 Å². The Morgan fingerprint density at radius 2 is 1.88 bits per heavy atom. The number of hydrogen-bond donors (Lipinski definition) is 1. The summed E-state index contributed by atoms with van der Waals surface area (Å²) >= 11 is 0. The third kappa shape index (κ3) is 5.40. The van der Waals surface area contributed by atoms with Crippen molar-refractivity contribution in [2.45, 2.75) is 38.0 Å². The molecule has 1 atom stereocenters. The Balaban J connectivity index is 1.66. The standard InChI is InChI=1S/C17H22F3NO3/c18-17(19,20)16(23)13-8-10-21(11-9-13)15(22)7-4-12-24-14-5-2-1-3-6-14/h1-3,5-6,13,16,23H,4,7-12H2. The van der Waals surface area contributed by atoms with Gasteiger partial charge in [-0.25, -0.2) is 0 Å². The number of piperidine rings is 1. The van der Waals surface area contributed by atoms with E-state index in [2.05, 4.69) is 0 Å². The van der Waals surface area contributed by atoms with Crippen molar-refractivity contribution in [2.24, 2.45) is 5.92 Å². The van der Waals surface area contributed by atoms with Crippen LogP contribution in [0.15, 0.2) is 30.3 Å². The molecule has 1 fully saturated rings. The minimum absolute atomic E-state index is 0.0772. The molecule has 2 rings (SSSR count). The van der Waals surface area contributed by atoms with Crippen LogP contribution in [0.2, 0.25) is 0 Å². The number of halogens is 3. The molecule has 1 aromatic carbocycles. The number of hydrogen-bond acceptors (Lipinski definition) is 3. The van der Waals surface area contributed by atoms with Gasteiger partial charge in [-0.3, -0.25) is 4.79 Å². The van der Waals surface area contributed by atoms with Gasteiger partial charge in [0.1, 0.15) is 5.75 Å². The van der Waals surface area contributed by atoms with Gasteiger partial charge in [0.05, 0.1) is 6.61 Å². The summed E-state index contributed by atoms with van der Waals surface area (Å²) in [7, 11) is 0. The lowest BCUT2D eigenvalue weighted by atomic mass is 9.90. The maximum Gasteiger partial charge on any atom is 0.414 e. The number of carbonyl (C=O) groups excluding carboxylic acids is 1.